The molecule has 0 aromatic carbocycles. The smallest absolute Gasteiger partial charge is 0.220 e. The van der Waals surface area contributed by atoms with Gasteiger partial charge in [0, 0.05) is 6.42 Å². The molecule has 7 atom stereocenters. The van der Waals surface area contributed by atoms with E-state index in [0.717, 1.165) is 122 Å². The molecule has 1 heterocycles. The summed E-state index contributed by atoms with van der Waals surface area (Å²) in [6.07, 6.45) is 87.9. The number of rotatable bonds is 56. The average Bonchev–Trinajstić information content (AvgIpc) is 3.60. The maximum Gasteiger partial charge on any atom is 0.220 e. The molecule has 7 unspecified atom stereocenters. The number of carbonyl (C=O) groups is 1. The van der Waals surface area contributed by atoms with Gasteiger partial charge in [0.05, 0.1) is 25.4 Å². The summed E-state index contributed by atoms with van der Waals surface area (Å²) in [6.45, 7) is 3.64. The van der Waals surface area contributed by atoms with Crippen LogP contribution >= 0.6 is 0 Å². The number of allylic oxidation sites excluding steroid dienone is 23. The van der Waals surface area contributed by atoms with E-state index in [0.29, 0.717) is 6.42 Å². The number of nitrogens with one attached hydrogen (secondary N) is 1. The lowest BCUT2D eigenvalue weighted by molar-refractivity contribution is -0.302. The van der Waals surface area contributed by atoms with E-state index in [1.165, 1.54) is 116 Å². The molecule has 9 nitrogen and oxygen atoms in total. The minimum atomic E-state index is -1.58. The Hall–Kier alpha value is -3.93. The quantitative estimate of drug-likeness (QED) is 0.0261. The Morgan fingerprint density at radius 2 is 0.759 bits per heavy atom. The molecule has 1 fully saturated rings. The van der Waals surface area contributed by atoms with Crippen LogP contribution in [-0.2, 0) is 14.3 Å². The Labute approximate surface area is 508 Å². The third-order valence-corrected chi connectivity index (χ3v) is 14.9. The minimum Gasteiger partial charge on any atom is -0.394 e. The molecule has 1 aliphatic rings. The van der Waals surface area contributed by atoms with E-state index in [2.05, 4.69) is 153 Å². The van der Waals surface area contributed by atoms with Crippen LogP contribution < -0.4 is 5.32 Å². The van der Waals surface area contributed by atoms with Crippen molar-refractivity contribution < 1.29 is 39.8 Å². The van der Waals surface area contributed by atoms with Crippen molar-refractivity contribution in [2.45, 2.75) is 301 Å². The zero-order valence-electron chi connectivity index (χ0n) is 52.6. The van der Waals surface area contributed by atoms with Gasteiger partial charge in [0.1, 0.15) is 24.4 Å². The van der Waals surface area contributed by atoms with Crippen molar-refractivity contribution in [1.29, 1.82) is 0 Å². The van der Waals surface area contributed by atoms with Gasteiger partial charge >= 0.3 is 0 Å². The molecule has 0 bridgehead atoms. The van der Waals surface area contributed by atoms with Crippen LogP contribution in [0.1, 0.15) is 258 Å². The fraction of sp³-hybridized carbons (Fsp3) is 0.662. The van der Waals surface area contributed by atoms with E-state index >= 15 is 0 Å². The molecular formula is C74H123NO8. The van der Waals surface area contributed by atoms with E-state index in [-0.39, 0.29) is 12.5 Å². The zero-order valence-corrected chi connectivity index (χ0v) is 52.6. The summed E-state index contributed by atoms with van der Waals surface area (Å²) in [4.78, 5) is 13.1. The first-order valence-electron chi connectivity index (χ1n) is 33.6. The third-order valence-electron chi connectivity index (χ3n) is 14.9. The van der Waals surface area contributed by atoms with Crippen molar-refractivity contribution in [2.24, 2.45) is 0 Å². The Morgan fingerprint density at radius 1 is 0.422 bits per heavy atom. The summed E-state index contributed by atoms with van der Waals surface area (Å²) < 4.78 is 11.3. The van der Waals surface area contributed by atoms with Gasteiger partial charge in [0.15, 0.2) is 6.29 Å². The van der Waals surface area contributed by atoms with Gasteiger partial charge in [-0.15, -0.1) is 0 Å². The lowest BCUT2D eigenvalue weighted by Gasteiger charge is -2.40. The van der Waals surface area contributed by atoms with E-state index in [1.807, 2.05) is 6.08 Å². The molecule has 0 spiro atoms. The molecule has 1 aliphatic heterocycles. The van der Waals surface area contributed by atoms with Crippen molar-refractivity contribution in [3.8, 4) is 0 Å². The second-order valence-corrected chi connectivity index (χ2v) is 22.5. The highest BCUT2D eigenvalue weighted by Crippen LogP contribution is 2.23. The maximum atomic E-state index is 13.1. The number of carbonyl (C=O) groups excluding carboxylic acids is 1. The second kappa shape index (κ2) is 61.2. The fourth-order valence-corrected chi connectivity index (χ4v) is 9.65. The monoisotopic (exact) mass is 1150 g/mol. The Kier molecular flexibility index (Phi) is 56.8. The number of unbranched alkanes of at least 4 members (excludes halogenated alkanes) is 24. The first kappa shape index (κ1) is 77.1. The summed E-state index contributed by atoms with van der Waals surface area (Å²) >= 11 is 0. The molecule has 1 saturated heterocycles. The molecule has 0 aromatic heterocycles. The van der Waals surface area contributed by atoms with Gasteiger partial charge in [-0.3, -0.25) is 4.79 Å². The Balaban J connectivity index is 2.18. The molecule has 472 valence electrons. The molecule has 0 saturated carbocycles. The summed E-state index contributed by atoms with van der Waals surface area (Å²) in [7, 11) is 0. The first-order valence-corrected chi connectivity index (χ1v) is 33.6. The highest BCUT2D eigenvalue weighted by molar-refractivity contribution is 5.76. The molecule has 0 aromatic rings. The van der Waals surface area contributed by atoms with Crippen LogP contribution in [0.2, 0.25) is 0 Å². The lowest BCUT2D eigenvalue weighted by Crippen LogP contribution is -2.60. The van der Waals surface area contributed by atoms with Gasteiger partial charge in [-0.2, -0.15) is 0 Å². The van der Waals surface area contributed by atoms with Gasteiger partial charge in [0.25, 0.3) is 0 Å². The molecule has 9 heteroatoms. The average molecular weight is 1150 g/mol. The molecule has 83 heavy (non-hydrogen) atoms. The van der Waals surface area contributed by atoms with Crippen LogP contribution in [0.15, 0.2) is 146 Å². The topological polar surface area (TPSA) is 149 Å². The molecule has 0 radical (unpaired) electrons. The normalized spacial score (nSPS) is 19.2. The largest absolute Gasteiger partial charge is 0.394 e. The lowest BCUT2D eigenvalue weighted by atomic mass is 9.99. The standard InChI is InChI=1S/C74H123NO8/c1-3-5-7-9-11-13-15-17-19-21-23-25-26-27-28-29-30-31-32-33-34-35-36-37-38-39-40-41-42-44-46-48-50-52-54-56-58-60-62-64-70(78)75-67(66-82-74-73(81)72(80)71(79)69(65-76)83-74)68(77)63-61-59-57-55-53-51-49-47-45-43-24-22-20-18-16-14-12-10-8-6-4-2/h5,7,11,13,17,19,23,25,27-28,30-31,33-34,36-37,39-40,45,47,53,55,61,63,67-69,71-74,76-77,79-81H,3-4,6,8-10,12,14-16,18,20-22,24,26,29,32,35,38,41-44,46,48-52,54,56-60,62,64-66H2,1-2H3,(H,75,78)/b7-5-,13-11-,19-17-,25-23-,28-27-,31-30-,34-33-,37-36-,40-39-,47-45+,55-53+,63-61+. The fourth-order valence-electron chi connectivity index (χ4n) is 9.65. The van der Waals surface area contributed by atoms with Gasteiger partial charge in [-0.1, -0.05) is 282 Å². The Bertz CT molecular complexity index is 1820. The van der Waals surface area contributed by atoms with Crippen LogP contribution in [0.4, 0.5) is 0 Å². The third kappa shape index (κ3) is 50.0. The predicted molar refractivity (Wildman–Crippen MR) is 354 cm³/mol. The Morgan fingerprint density at radius 3 is 1.16 bits per heavy atom. The molecule has 0 aliphatic carbocycles. The van der Waals surface area contributed by atoms with Gasteiger partial charge < -0.3 is 40.3 Å². The maximum absolute atomic E-state index is 13.1. The van der Waals surface area contributed by atoms with Crippen LogP contribution in [0.25, 0.3) is 0 Å². The number of aliphatic hydroxyl groups is 5. The zero-order chi connectivity index (χ0) is 60.0. The number of ether oxygens (including phenoxy) is 2. The van der Waals surface area contributed by atoms with E-state index in [9.17, 15) is 30.3 Å². The summed E-state index contributed by atoms with van der Waals surface area (Å²) in [6, 6.07) is -0.841. The minimum absolute atomic E-state index is 0.199. The number of hydrogen-bond donors (Lipinski definition) is 6. The van der Waals surface area contributed by atoms with E-state index < -0.39 is 49.5 Å². The van der Waals surface area contributed by atoms with Gasteiger partial charge in [-0.25, -0.2) is 0 Å². The van der Waals surface area contributed by atoms with E-state index in [1.54, 1.807) is 6.08 Å². The summed E-state index contributed by atoms with van der Waals surface area (Å²) in [5.74, 6) is -0.199. The van der Waals surface area contributed by atoms with Crippen LogP contribution in [0.3, 0.4) is 0 Å². The van der Waals surface area contributed by atoms with Crippen LogP contribution in [0.5, 0.6) is 0 Å². The predicted octanol–water partition coefficient (Wildman–Crippen LogP) is 18.2. The SMILES string of the molecule is CC/C=C\C/C=C\C/C=C\C/C=C\C/C=C\C/C=C\C/C=C\C/C=C\C/C=C\CCCCCCCCCCCCCC(=O)NC(COC1OC(CO)C(O)C(O)C1O)C(O)/C=C/CC/C=C/CC/C=C/CCCCCCCCCCCCC. The highest BCUT2D eigenvalue weighted by atomic mass is 16.7. The highest BCUT2D eigenvalue weighted by Gasteiger charge is 2.44. The van der Waals surface area contributed by atoms with Gasteiger partial charge in [0.2, 0.25) is 5.91 Å². The molecular weight excluding hydrogens is 1030 g/mol. The first-order chi connectivity index (χ1) is 40.8. The number of hydrogen-bond acceptors (Lipinski definition) is 8. The van der Waals surface area contributed by atoms with E-state index in [4.69, 9.17) is 9.47 Å². The number of aliphatic hydroxyl groups excluding tert-OH is 5. The molecule has 1 rings (SSSR count). The van der Waals surface area contributed by atoms with Crippen molar-refractivity contribution in [1.82, 2.24) is 5.32 Å². The van der Waals surface area contributed by atoms with Crippen molar-refractivity contribution in [3.63, 3.8) is 0 Å². The van der Waals surface area contributed by atoms with Crippen LogP contribution in [-0.4, -0.2) is 87.5 Å². The van der Waals surface area contributed by atoms with Crippen LogP contribution in [0, 0.1) is 0 Å². The molecule has 1 amide bonds. The number of amides is 1. The van der Waals surface area contributed by atoms with Crippen molar-refractivity contribution >= 4 is 5.91 Å². The van der Waals surface area contributed by atoms with Crippen molar-refractivity contribution in [3.05, 3.63) is 146 Å². The summed E-state index contributed by atoms with van der Waals surface area (Å²) in [5.41, 5.74) is 0. The summed E-state index contributed by atoms with van der Waals surface area (Å²) in [5, 5.41) is 54.6. The van der Waals surface area contributed by atoms with Gasteiger partial charge in [-0.05, 0) is 116 Å². The molecule has 6 N–H and O–H groups in total. The van der Waals surface area contributed by atoms with Crippen molar-refractivity contribution in [2.75, 3.05) is 13.2 Å². The second-order valence-electron chi connectivity index (χ2n) is 22.5.